The van der Waals surface area contributed by atoms with Crippen LogP contribution in [-0.4, -0.2) is 43.6 Å². The minimum Gasteiger partial charge on any atom is -0.491 e. The van der Waals surface area contributed by atoms with Crippen molar-refractivity contribution in [3.63, 3.8) is 0 Å². The summed E-state index contributed by atoms with van der Waals surface area (Å²) in [5.74, 6) is 0.748. The second-order valence-corrected chi connectivity index (χ2v) is 4.29. The fraction of sp³-hybridized carbons (Fsp3) is 0.462. The lowest BCUT2D eigenvalue weighted by Crippen LogP contribution is -2.41. The standard InChI is InChI=1S/C13H18N2O2/c1-10(14-2)9-15-7-8-17-12-6-4-3-5-11(12)13(15)16/h3-6,10,14H,7-9H2,1-2H3. The van der Waals surface area contributed by atoms with Crippen LogP contribution in [0.2, 0.25) is 0 Å². The number of carbonyl (C=O) groups excluding carboxylic acids is 1. The third-order valence-corrected chi connectivity index (χ3v) is 3.01. The lowest BCUT2D eigenvalue weighted by Gasteiger charge is -2.23. The average molecular weight is 234 g/mol. The van der Waals surface area contributed by atoms with Gasteiger partial charge in [0.25, 0.3) is 5.91 Å². The Morgan fingerprint density at radius 2 is 2.24 bits per heavy atom. The van der Waals surface area contributed by atoms with E-state index >= 15 is 0 Å². The monoisotopic (exact) mass is 234 g/mol. The van der Waals surface area contributed by atoms with Gasteiger partial charge in [-0.05, 0) is 26.1 Å². The first-order chi connectivity index (χ1) is 8.22. The summed E-state index contributed by atoms with van der Waals surface area (Å²) < 4.78 is 5.58. The maximum atomic E-state index is 12.3. The number of nitrogens with zero attached hydrogens (tertiary/aromatic N) is 1. The zero-order chi connectivity index (χ0) is 12.3. The number of amides is 1. The number of fused-ring (bicyclic) bond motifs is 1. The number of likely N-dealkylation sites (N-methyl/N-ethyl adjacent to an activating group) is 1. The minimum absolute atomic E-state index is 0.0557. The van der Waals surface area contributed by atoms with Gasteiger partial charge in [0.2, 0.25) is 0 Å². The van der Waals surface area contributed by atoms with Crippen molar-refractivity contribution < 1.29 is 9.53 Å². The van der Waals surface area contributed by atoms with Gasteiger partial charge in [-0.25, -0.2) is 0 Å². The van der Waals surface area contributed by atoms with Crippen molar-refractivity contribution in [1.82, 2.24) is 10.2 Å². The number of benzene rings is 1. The van der Waals surface area contributed by atoms with Crippen LogP contribution in [0.15, 0.2) is 24.3 Å². The van der Waals surface area contributed by atoms with E-state index in [1.807, 2.05) is 36.2 Å². The number of hydrogen-bond acceptors (Lipinski definition) is 3. The zero-order valence-corrected chi connectivity index (χ0v) is 10.3. The first-order valence-electron chi connectivity index (χ1n) is 5.90. The molecular formula is C13H18N2O2. The molecule has 2 rings (SSSR count). The Morgan fingerprint density at radius 1 is 1.47 bits per heavy atom. The first-order valence-corrected chi connectivity index (χ1v) is 5.90. The van der Waals surface area contributed by atoms with Crippen LogP contribution in [0, 0.1) is 0 Å². The predicted molar refractivity (Wildman–Crippen MR) is 66.4 cm³/mol. The van der Waals surface area contributed by atoms with Gasteiger partial charge in [-0.1, -0.05) is 12.1 Å². The number of para-hydroxylation sites is 1. The highest BCUT2D eigenvalue weighted by atomic mass is 16.5. The highest BCUT2D eigenvalue weighted by Gasteiger charge is 2.23. The van der Waals surface area contributed by atoms with Gasteiger partial charge in [-0.15, -0.1) is 0 Å². The Bertz CT molecular complexity index is 406. The summed E-state index contributed by atoms with van der Waals surface area (Å²) in [5.41, 5.74) is 0.660. The molecule has 1 atom stereocenters. The Hall–Kier alpha value is -1.55. The van der Waals surface area contributed by atoms with Crippen molar-refractivity contribution in [2.75, 3.05) is 26.7 Å². The molecule has 0 saturated carbocycles. The molecule has 0 spiro atoms. The highest BCUT2D eigenvalue weighted by Crippen LogP contribution is 2.22. The summed E-state index contributed by atoms with van der Waals surface area (Å²) in [7, 11) is 1.90. The van der Waals surface area contributed by atoms with Gasteiger partial charge >= 0.3 is 0 Å². The third kappa shape index (κ3) is 2.58. The van der Waals surface area contributed by atoms with Gasteiger partial charge in [0, 0.05) is 12.6 Å². The van der Waals surface area contributed by atoms with Crippen molar-refractivity contribution in [3.8, 4) is 5.75 Å². The minimum atomic E-state index is 0.0557. The fourth-order valence-corrected chi connectivity index (χ4v) is 1.90. The molecule has 0 aliphatic carbocycles. The molecule has 4 heteroatoms. The summed E-state index contributed by atoms with van der Waals surface area (Å²) in [6.45, 7) is 3.96. The van der Waals surface area contributed by atoms with Crippen LogP contribution in [0.25, 0.3) is 0 Å². The van der Waals surface area contributed by atoms with Crippen LogP contribution >= 0.6 is 0 Å². The predicted octanol–water partition coefficient (Wildman–Crippen LogP) is 1.13. The Kier molecular flexibility index (Phi) is 3.64. The van der Waals surface area contributed by atoms with E-state index in [-0.39, 0.29) is 11.9 Å². The molecule has 0 fully saturated rings. The molecule has 92 valence electrons. The van der Waals surface area contributed by atoms with E-state index in [0.717, 1.165) is 0 Å². The fourth-order valence-electron chi connectivity index (χ4n) is 1.90. The molecule has 1 aromatic carbocycles. The van der Waals surface area contributed by atoms with Gasteiger partial charge in [0.15, 0.2) is 0 Å². The molecule has 0 aromatic heterocycles. The van der Waals surface area contributed by atoms with Gasteiger partial charge < -0.3 is 15.0 Å². The third-order valence-electron chi connectivity index (χ3n) is 3.01. The van der Waals surface area contributed by atoms with Crippen molar-refractivity contribution in [3.05, 3.63) is 29.8 Å². The molecule has 1 aliphatic heterocycles. The molecule has 1 N–H and O–H groups in total. The molecule has 4 nitrogen and oxygen atoms in total. The lowest BCUT2D eigenvalue weighted by molar-refractivity contribution is 0.0743. The summed E-state index contributed by atoms with van der Waals surface area (Å²) in [6, 6.07) is 7.70. The van der Waals surface area contributed by atoms with Gasteiger partial charge in [0.1, 0.15) is 12.4 Å². The van der Waals surface area contributed by atoms with E-state index in [4.69, 9.17) is 4.74 Å². The Labute approximate surface area is 102 Å². The number of ether oxygens (including phenoxy) is 1. The summed E-state index contributed by atoms with van der Waals surface area (Å²) in [4.78, 5) is 14.1. The quantitative estimate of drug-likeness (QED) is 0.852. The van der Waals surface area contributed by atoms with E-state index in [1.54, 1.807) is 0 Å². The van der Waals surface area contributed by atoms with E-state index in [9.17, 15) is 4.79 Å². The molecule has 0 radical (unpaired) electrons. The van der Waals surface area contributed by atoms with E-state index in [1.165, 1.54) is 0 Å². The van der Waals surface area contributed by atoms with Gasteiger partial charge in [-0.2, -0.15) is 0 Å². The molecule has 1 amide bonds. The van der Waals surface area contributed by atoms with Gasteiger partial charge in [-0.3, -0.25) is 4.79 Å². The largest absolute Gasteiger partial charge is 0.491 e. The highest BCUT2D eigenvalue weighted by molar-refractivity contribution is 5.97. The molecular weight excluding hydrogens is 216 g/mol. The van der Waals surface area contributed by atoms with Crippen LogP contribution in [0.3, 0.4) is 0 Å². The molecule has 1 heterocycles. The number of carbonyl (C=O) groups is 1. The van der Waals surface area contributed by atoms with Crippen molar-refractivity contribution in [1.29, 1.82) is 0 Å². The summed E-state index contributed by atoms with van der Waals surface area (Å²) in [6.07, 6.45) is 0. The van der Waals surface area contributed by atoms with E-state index < -0.39 is 0 Å². The maximum Gasteiger partial charge on any atom is 0.257 e. The molecule has 1 unspecified atom stereocenters. The smallest absolute Gasteiger partial charge is 0.257 e. The van der Waals surface area contributed by atoms with Crippen molar-refractivity contribution in [2.45, 2.75) is 13.0 Å². The molecule has 1 aromatic rings. The normalized spacial score (nSPS) is 17.1. The number of rotatable bonds is 3. The van der Waals surface area contributed by atoms with Crippen molar-refractivity contribution >= 4 is 5.91 Å². The second kappa shape index (κ2) is 5.19. The van der Waals surface area contributed by atoms with Crippen molar-refractivity contribution in [2.24, 2.45) is 0 Å². The Balaban J connectivity index is 2.20. The molecule has 17 heavy (non-hydrogen) atoms. The number of hydrogen-bond donors (Lipinski definition) is 1. The van der Waals surface area contributed by atoms with E-state index in [0.29, 0.717) is 31.0 Å². The summed E-state index contributed by atoms with van der Waals surface area (Å²) >= 11 is 0. The lowest BCUT2D eigenvalue weighted by atomic mass is 10.1. The van der Waals surface area contributed by atoms with Crippen LogP contribution in [0.1, 0.15) is 17.3 Å². The maximum absolute atomic E-state index is 12.3. The zero-order valence-electron chi connectivity index (χ0n) is 10.3. The molecule has 1 aliphatic rings. The Morgan fingerprint density at radius 3 is 3.00 bits per heavy atom. The van der Waals surface area contributed by atoms with Gasteiger partial charge in [0.05, 0.1) is 12.1 Å². The molecule has 0 saturated heterocycles. The van der Waals surface area contributed by atoms with E-state index in [2.05, 4.69) is 12.2 Å². The van der Waals surface area contributed by atoms with Crippen LogP contribution in [-0.2, 0) is 0 Å². The van der Waals surface area contributed by atoms with Crippen LogP contribution in [0.5, 0.6) is 5.75 Å². The van der Waals surface area contributed by atoms with Crippen LogP contribution in [0.4, 0.5) is 0 Å². The second-order valence-electron chi connectivity index (χ2n) is 4.29. The average Bonchev–Trinajstić information content (AvgIpc) is 2.51. The summed E-state index contributed by atoms with van der Waals surface area (Å²) in [5, 5.41) is 3.14. The number of nitrogens with one attached hydrogen (secondary N) is 1. The SMILES string of the molecule is CNC(C)CN1CCOc2ccccc2C1=O. The molecule has 0 bridgehead atoms. The topological polar surface area (TPSA) is 41.6 Å². The van der Waals surface area contributed by atoms with Crippen LogP contribution < -0.4 is 10.1 Å². The first kappa shape index (κ1) is 11.9.